The number of carbonyl (C=O) groups is 1. The number of amides is 1. The summed E-state index contributed by atoms with van der Waals surface area (Å²) >= 11 is 3.21. The maximum absolute atomic E-state index is 13.6. The fourth-order valence-electron chi connectivity index (χ4n) is 2.36. The quantitative estimate of drug-likeness (QED) is 0.892. The third-order valence-corrected chi connectivity index (χ3v) is 4.09. The molecule has 0 unspecified atom stereocenters. The summed E-state index contributed by atoms with van der Waals surface area (Å²) < 4.78 is 14.1. The molecule has 0 spiro atoms. The van der Waals surface area contributed by atoms with Gasteiger partial charge in [-0.1, -0.05) is 6.07 Å². The number of hydrogen-bond donors (Lipinski definition) is 2. The molecule has 0 aromatic heterocycles. The van der Waals surface area contributed by atoms with Gasteiger partial charge in [-0.2, -0.15) is 0 Å². The van der Waals surface area contributed by atoms with E-state index in [0.29, 0.717) is 16.9 Å². The van der Waals surface area contributed by atoms with E-state index in [2.05, 4.69) is 26.6 Å². The van der Waals surface area contributed by atoms with Crippen LogP contribution < -0.4 is 10.6 Å². The summed E-state index contributed by atoms with van der Waals surface area (Å²) in [5.74, 6) is -0.238. The molecule has 1 aromatic carbocycles. The Balaban J connectivity index is 1.84. The highest BCUT2D eigenvalue weighted by Crippen LogP contribution is 2.19. The van der Waals surface area contributed by atoms with Gasteiger partial charge in [0.15, 0.2) is 0 Å². The molecule has 0 saturated carbocycles. The number of halogens is 2. The average molecular weight is 329 g/mol. The molecular formula is C14H18BrFN2O. The van der Waals surface area contributed by atoms with Crippen molar-refractivity contribution in [1.82, 2.24) is 10.6 Å². The summed E-state index contributed by atoms with van der Waals surface area (Å²) in [5, 5.41) is 6.13. The lowest BCUT2D eigenvalue weighted by Crippen LogP contribution is -2.33. The van der Waals surface area contributed by atoms with Crippen LogP contribution in [0.25, 0.3) is 0 Å². The van der Waals surface area contributed by atoms with E-state index in [9.17, 15) is 9.18 Å². The van der Waals surface area contributed by atoms with E-state index >= 15 is 0 Å². The first kappa shape index (κ1) is 14.5. The van der Waals surface area contributed by atoms with Crippen molar-refractivity contribution in [1.29, 1.82) is 0 Å². The molecule has 3 nitrogen and oxygen atoms in total. The molecule has 104 valence electrons. The van der Waals surface area contributed by atoms with Crippen molar-refractivity contribution in [3.8, 4) is 0 Å². The van der Waals surface area contributed by atoms with Crippen LogP contribution >= 0.6 is 15.9 Å². The normalized spacial score (nSPS) is 19.2. The summed E-state index contributed by atoms with van der Waals surface area (Å²) in [6.45, 7) is 2.69. The Kier molecular flexibility index (Phi) is 5.34. The number of hydrogen-bond acceptors (Lipinski definition) is 2. The average Bonchev–Trinajstić information content (AvgIpc) is 2.40. The Morgan fingerprint density at radius 2 is 2.37 bits per heavy atom. The van der Waals surface area contributed by atoms with Gasteiger partial charge in [-0.15, -0.1) is 0 Å². The summed E-state index contributed by atoms with van der Waals surface area (Å²) in [7, 11) is 0. The molecule has 1 amide bonds. The van der Waals surface area contributed by atoms with Crippen LogP contribution in [0.1, 0.15) is 29.6 Å². The van der Waals surface area contributed by atoms with Crippen LogP contribution in [0.2, 0.25) is 0 Å². The van der Waals surface area contributed by atoms with Gasteiger partial charge in [0.25, 0.3) is 5.91 Å². The van der Waals surface area contributed by atoms with Gasteiger partial charge >= 0.3 is 0 Å². The Bertz CT molecular complexity index is 427. The zero-order valence-electron chi connectivity index (χ0n) is 10.7. The molecule has 5 heteroatoms. The minimum absolute atomic E-state index is 0.0873. The first-order valence-corrected chi connectivity index (χ1v) is 7.40. The van der Waals surface area contributed by atoms with E-state index in [1.54, 1.807) is 12.1 Å². The fraction of sp³-hybridized carbons (Fsp3) is 0.500. The maximum atomic E-state index is 13.6. The number of carbonyl (C=O) groups excluding carboxylic acids is 1. The summed E-state index contributed by atoms with van der Waals surface area (Å²) in [6.07, 6.45) is 3.33. The molecule has 0 aliphatic carbocycles. The molecular weight excluding hydrogens is 311 g/mol. The van der Waals surface area contributed by atoms with Crippen molar-refractivity contribution >= 4 is 21.8 Å². The topological polar surface area (TPSA) is 41.1 Å². The fourth-order valence-corrected chi connectivity index (χ4v) is 2.89. The van der Waals surface area contributed by atoms with Crippen molar-refractivity contribution in [3.05, 3.63) is 34.1 Å². The molecule has 19 heavy (non-hydrogen) atoms. The summed E-state index contributed by atoms with van der Waals surface area (Å²) in [4.78, 5) is 11.9. The monoisotopic (exact) mass is 328 g/mol. The van der Waals surface area contributed by atoms with E-state index < -0.39 is 5.82 Å². The van der Waals surface area contributed by atoms with Gasteiger partial charge in [-0.3, -0.25) is 4.79 Å². The molecule has 1 aromatic rings. The SMILES string of the molecule is O=C(NCC[C@H]1CCCNC1)c1c(F)cccc1Br. The second kappa shape index (κ2) is 7.01. The Morgan fingerprint density at radius 3 is 3.05 bits per heavy atom. The van der Waals surface area contributed by atoms with Gasteiger partial charge in [0.1, 0.15) is 5.82 Å². The van der Waals surface area contributed by atoms with Crippen LogP contribution in [0.15, 0.2) is 22.7 Å². The van der Waals surface area contributed by atoms with Crippen LogP contribution in [0.4, 0.5) is 4.39 Å². The minimum Gasteiger partial charge on any atom is -0.352 e. The molecule has 1 saturated heterocycles. The van der Waals surface area contributed by atoms with Crippen LogP contribution in [-0.4, -0.2) is 25.5 Å². The predicted octanol–water partition coefficient (Wildman–Crippen LogP) is 2.71. The lowest BCUT2D eigenvalue weighted by Gasteiger charge is -2.22. The van der Waals surface area contributed by atoms with Gasteiger partial charge in [-0.25, -0.2) is 4.39 Å². The molecule has 2 N–H and O–H groups in total. The Labute approximate surface area is 121 Å². The van der Waals surface area contributed by atoms with Crippen LogP contribution in [0.3, 0.4) is 0 Å². The number of nitrogens with one attached hydrogen (secondary N) is 2. The zero-order chi connectivity index (χ0) is 13.7. The lowest BCUT2D eigenvalue weighted by molar-refractivity contribution is 0.0946. The molecule has 2 rings (SSSR count). The molecule has 0 bridgehead atoms. The van der Waals surface area contributed by atoms with E-state index in [1.165, 1.54) is 18.9 Å². The molecule has 1 atom stereocenters. The number of rotatable bonds is 4. The maximum Gasteiger partial charge on any atom is 0.255 e. The first-order chi connectivity index (χ1) is 9.18. The molecule has 1 heterocycles. The van der Waals surface area contributed by atoms with Gasteiger partial charge in [0, 0.05) is 11.0 Å². The minimum atomic E-state index is -0.494. The van der Waals surface area contributed by atoms with Gasteiger partial charge in [0.2, 0.25) is 0 Å². The first-order valence-electron chi connectivity index (χ1n) is 6.61. The van der Waals surface area contributed by atoms with Crippen molar-refractivity contribution < 1.29 is 9.18 Å². The third kappa shape index (κ3) is 4.01. The van der Waals surface area contributed by atoms with Crippen molar-refractivity contribution in [2.45, 2.75) is 19.3 Å². The van der Waals surface area contributed by atoms with Crippen molar-refractivity contribution in [2.24, 2.45) is 5.92 Å². The van der Waals surface area contributed by atoms with E-state index in [1.807, 2.05) is 0 Å². The van der Waals surface area contributed by atoms with Crippen molar-refractivity contribution in [2.75, 3.05) is 19.6 Å². The molecule has 1 aliphatic heterocycles. The van der Waals surface area contributed by atoms with Gasteiger partial charge < -0.3 is 10.6 Å². The van der Waals surface area contributed by atoms with Crippen molar-refractivity contribution in [3.63, 3.8) is 0 Å². The van der Waals surface area contributed by atoms with Gasteiger partial charge in [0.05, 0.1) is 5.56 Å². The van der Waals surface area contributed by atoms with E-state index in [0.717, 1.165) is 19.5 Å². The molecule has 1 aliphatic rings. The van der Waals surface area contributed by atoms with E-state index in [4.69, 9.17) is 0 Å². The summed E-state index contributed by atoms with van der Waals surface area (Å²) in [5.41, 5.74) is 0.0873. The molecule has 1 fully saturated rings. The standard InChI is InChI=1S/C14H18BrFN2O/c15-11-4-1-5-12(16)13(11)14(19)18-8-6-10-3-2-7-17-9-10/h1,4-5,10,17H,2-3,6-9H2,(H,18,19)/t10-/m1/s1. The van der Waals surface area contributed by atoms with Crippen LogP contribution in [-0.2, 0) is 0 Å². The van der Waals surface area contributed by atoms with Crippen LogP contribution in [0, 0.1) is 11.7 Å². The number of benzene rings is 1. The molecule has 0 radical (unpaired) electrons. The second-order valence-corrected chi connectivity index (χ2v) is 5.71. The van der Waals surface area contributed by atoms with E-state index in [-0.39, 0.29) is 11.5 Å². The highest BCUT2D eigenvalue weighted by Gasteiger charge is 2.16. The lowest BCUT2D eigenvalue weighted by atomic mass is 9.96. The zero-order valence-corrected chi connectivity index (χ0v) is 12.3. The Morgan fingerprint density at radius 1 is 1.53 bits per heavy atom. The van der Waals surface area contributed by atoms with Gasteiger partial charge in [-0.05, 0) is 66.3 Å². The second-order valence-electron chi connectivity index (χ2n) is 4.85. The summed E-state index contributed by atoms with van der Waals surface area (Å²) in [6, 6.07) is 4.54. The smallest absolute Gasteiger partial charge is 0.255 e. The van der Waals surface area contributed by atoms with Crippen LogP contribution in [0.5, 0.6) is 0 Å². The highest BCUT2D eigenvalue weighted by atomic mass is 79.9. The Hall–Kier alpha value is -0.940. The largest absolute Gasteiger partial charge is 0.352 e. The highest BCUT2D eigenvalue weighted by molar-refractivity contribution is 9.10. The predicted molar refractivity (Wildman–Crippen MR) is 76.6 cm³/mol. The third-order valence-electron chi connectivity index (χ3n) is 3.43. The number of piperidine rings is 1.